The third-order valence-electron chi connectivity index (χ3n) is 4.61. The van der Waals surface area contributed by atoms with E-state index in [4.69, 9.17) is 10.5 Å². The zero-order chi connectivity index (χ0) is 22.1. The summed E-state index contributed by atoms with van der Waals surface area (Å²) >= 11 is 0. The van der Waals surface area contributed by atoms with Crippen molar-refractivity contribution in [1.29, 1.82) is 0 Å². The fraction of sp³-hybridized carbons (Fsp3) is 0.571. The lowest BCUT2D eigenvalue weighted by atomic mass is 10.1. The summed E-state index contributed by atoms with van der Waals surface area (Å²) in [4.78, 5) is 18.6. The third-order valence-corrected chi connectivity index (χ3v) is 5.49. The Morgan fingerprint density at radius 1 is 1.37 bits per heavy atom. The van der Waals surface area contributed by atoms with Crippen LogP contribution in [0.2, 0.25) is 19.6 Å². The Labute approximate surface area is 179 Å². The van der Waals surface area contributed by atoms with Gasteiger partial charge in [0, 0.05) is 19.1 Å². The number of hydrogen-bond donors (Lipinski definition) is 2. The molecule has 0 saturated carbocycles. The number of hydrogen-bond acceptors (Lipinski definition) is 6. The molecule has 3 heterocycles. The van der Waals surface area contributed by atoms with Crippen molar-refractivity contribution < 1.29 is 9.53 Å². The van der Waals surface area contributed by atoms with Crippen molar-refractivity contribution in [2.75, 3.05) is 23.7 Å². The number of carbonyl (C=O) groups is 1. The second-order valence-corrected chi connectivity index (χ2v) is 14.5. The minimum absolute atomic E-state index is 0.00841. The van der Waals surface area contributed by atoms with Crippen LogP contribution in [0.5, 0.6) is 0 Å². The second kappa shape index (κ2) is 8.18. The molecule has 1 aliphatic rings. The number of carbonyl (C=O) groups excluding carboxylic acids is 1. The first-order valence-electron chi connectivity index (χ1n) is 10.3. The molecule has 162 valence electrons. The first-order chi connectivity index (χ1) is 13.9. The molecule has 1 atom stereocenters. The van der Waals surface area contributed by atoms with Gasteiger partial charge >= 0.3 is 6.09 Å². The van der Waals surface area contributed by atoms with E-state index in [1.807, 2.05) is 26.8 Å². The average Bonchev–Trinajstić information content (AvgIpc) is 2.98. The fourth-order valence-electron chi connectivity index (χ4n) is 3.42. The first-order valence-corrected chi connectivity index (χ1v) is 13.8. The number of aromatic nitrogens is 3. The Morgan fingerprint density at radius 3 is 2.77 bits per heavy atom. The second-order valence-electron chi connectivity index (χ2n) is 9.75. The van der Waals surface area contributed by atoms with Crippen molar-refractivity contribution in [3.8, 4) is 11.5 Å². The molecule has 1 aliphatic heterocycles. The van der Waals surface area contributed by atoms with E-state index < -0.39 is 13.7 Å². The first kappa shape index (κ1) is 22.0. The van der Waals surface area contributed by atoms with E-state index in [2.05, 4.69) is 51.4 Å². The molecule has 8 nitrogen and oxygen atoms in total. The Kier molecular flexibility index (Phi) is 5.99. The average molecular weight is 429 g/mol. The number of ether oxygens (including phenoxy) is 1. The fourth-order valence-corrected chi connectivity index (χ4v) is 3.92. The van der Waals surface area contributed by atoms with Gasteiger partial charge in [-0.15, -0.1) is 5.54 Å². The van der Waals surface area contributed by atoms with Gasteiger partial charge in [-0.3, -0.25) is 0 Å². The number of anilines is 2. The van der Waals surface area contributed by atoms with E-state index in [0.717, 1.165) is 36.3 Å². The van der Waals surface area contributed by atoms with Crippen LogP contribution in [0, 0.1) is 11.5 Å². The summed E-state index contributed by atoms with van der Waals surface area (Å²) in [5, 5.41) is 7.38. The Hall–Kier alpha value is -2.73. The summed E-state index contributed by atoms with van der Waals surface area (Å²) in [6, 6.07) is 2.02. The van der Waals surface area contributed by atoms with Crippen LogP contribution in [0.1, 0.15) is 39.3 Å². The molecule has 1 saturated heterocycles. The van der Waals surface area contributed by atoms with Gasteiger partial charge in [0.15, 0.2) is 5.82 Å². The van der Waals surface area contributed by atoms with Crippen molar-refractivity contribution in [2.24, 2.45) is 0 Å². The molecule has 1 fully saturated rings. The molecule has 3 rings (SSSR count). The number of fused-ring (bicyclic) bond motifs is 1. The predicted molar refractivity (Wildman–Crippen MR) is 122 cm³/mol. The monoisotopic (exact) mass is 428 g/mol. The van der Waals surface area contributed by atoms with Crippen LogP contribution >= 0.6 is 0 Å². The maximum Gasteiger partial charge on any atom is 0.407 e. The topological polar surface area (TPSA) is 97.8 Å². The highest BCUT2D eigenvalue weighted by Crippen LogP contribution is 2.30. The number of piperidine rings is 1. The van der Waals surface area contributed by atoms with Gasteiger partial charge in [-0.1, -0.05) is 25.6 Å². The quantitative estimate of drug-likeness (QED) is 0.564. The van der Waals surface area contributed by atoms with E-state index in [1.54, 1.807) is 4.52 Å². The zero-order valence-corrected chi connectivity index (χ0v) is 19.7. The number of nitrogens with zero attached hydrogens (tertiary/aromatic N) is 4. The van der Waals surface area contributed by atoms with E-state index in [9.17, 15) is 4.79 Å². The van der Waals surface area contributed by atoms with E-state index in [1.165, 1.54) is 6.33 Å². The lowest BCUT2D eigenvalue weighted by Crippen LogP contribution is -2.49. The van der Waals surface area contributed by atoms with Crippen LogP contribution in [0.15, 0.2) is 12.4 Å². The SMILES string of the molecule is CC(C)(C)OC(=O)N[C@@H]1CCCN(c2cc(C#C[Si](C)(C)C)n3ncnc(N)c23)C1. The molecule has 0 aliphatic carbocycles. The van der Waals surface area contributed by atoms with E-state index >= 15 is 0 Å². The largest absolute Gasteiger partial charge is 0.444 e. The molecule has 0 radical (unpaired) electrons. The molecule has 0 spiro atoms. The lowest BCUT2D eigenvalue weighted by Gasteiger charge is -2.34. The number of nitrogen functional groups attached to an aromatic ring is 1. The summed E-state index contributed by atoms with van der Waals surface area (Å²) in [5.74, 6) is 3.72. The third kappa shape index (κ3) is 5.45. The summed E-state index contributed by atoms with van der Waals surface area (Å²) < 4.78 is 7.19. The highest BCUT2D eigenvalue weighted by atomic mass is 28.3. The van der Waals surface area contributed by atoms with Gasteiger partial charge in [0.2, 0.25) is 0 Å². The molecule has 3 N–H and O–H groups in total. The predicted octanol–water partition coefficient (Wildman–Crippen LogP) is 3.03. The van der Waals surface area contributed by atoms with Crippen molar-refractivity contribution in [3.05, 3.63) is 18.1 Å². The molecule has 2 aromatic rings. The van der Waals surface area contributed by atoms with Crippen LogP contribution in [-0.2, 0) is 4.74 Å². The van der Waals surface area contributed by atoms with E-state index in [0.29, 0.717) is 12.4 Å². The number of amides is 1. The van der Waals surface area contributed by atoms with Gasteiger partial charge in [0.1, 0.15) is 31.2 Å². The number of nitrogens with one attached hydrogen (secondary N) is 1. The van der Waals surface area contributed by atoms with Gasteiger partial charge in [0.25, 0.3) is 0 Å². The van der Waals surface area contributed by atoms with Gasteiger partial charge in [-0.2, -0.15) is 5.10 Å². The normalized spacial score (nSPS) is 17.4. The molecule has 30 heavy (non-hydrogen) atoms. The highest BCUT2D eigenvalue weighted by molar-refractivity contribution is 6.83. The molecule has 1 amide bonds. The molecular weight excluding hydrogens is 396 g/mol. The highest BCUT2D eigenvalue weighted by Gasteiger charge is 2.27. The maximum atomic E-state index is 12.2. The van der Waals surface area contributed by atoms with Gasteiger partial charge in [-0.05, 0) is 39.7 Å². The Balaban J connectivity index is 1.88. The summed E-state index contributed by atoms with van der Waals surface area (Å²) in [6.45, 7) is 13.7. The van der Waals surface area contributed by atoms with Crippen molar-refractivity contribution in [2.45, 2.75) is 64.9 Å². The van der Waals surface area contributed by atoms with Gasteiger partial charge in [-0.25, -0.2) is 14.3 Å². The Morgan fingerprint density at radius 2 is 2.10 bits per heavy atom. The minimum atomic E-state index is -1.54. The summed E-state index contributed by atoms with van der Waals surface area (Å²) in [5.41, 5.74) is 11.6. The molecule has 0 bridgehead atoms. The van der Waals surface area contributed by atoms with E-state index in [-0.39, 0.29) is 12.1 Å². The van der Waals surface area contributed by atoms with Crippen LogP contribution in [0.4, 0.5) is 16.3 Å². The number of nitrogens with two attached hydrogens (primary N) is 1. The van der Waals surface area contributed by atoms with Crippen LogP contribution < -0.4 is 16.0 Å². The maximum absolute atomic E-state index is 12.2. The summed E-state index contributed by atoms with van der Waals surface area (Å²) in [6.07, 6.45) is 2.91. The zero-order valence-electron chi connectivity index (χ0n) is 18.7. The Bertz CT molecular complexity index is 993. The number of alkyl carbamates (subject to hydrolysis) is 1. The van der Waals surface area contributed by atoms with Gasteiger partial charge < -0.3 is 20.7 Å². The molecule has 0 unspecified atom stereocenters. The smallest absolute Gasteiger partial charge is 0.407 e. The van der Waals surface area contributed by atoms with Crippen LogP contribution in [0.25, 0.3) is 5.52 Å². The van der Waals surface area contributed by atoms with Crippen LogP contribution in [-0.4, -0.2) is 53.5 Å². The minimum Gasteiger partial charge on any atom is -0.444 e. The molecule has 2 aromatic heterocycles. The van der Waals surface area contributed by atoms with Crippen LogP contribution in [0.3, 0.4) is 0 Å². The van der Waals surface area contributed by atoms with Crippen molar-refractivity contribution >= 4 is 31.2 Å². The molecular formula is C21H32N6O2Si. The van der Waals surface area contributed by atoms with Crippen molar-refractivity contribution in [1.82, 2.24) is 19.9 Å². The lowest BCUT2D eigenvalue weighted by molar-refractivity contribution is 0.0500. The standard InChI is InChI=1S/C21H32N6O2Si/c1-21(2,3)29-20(28)25-15-8-7-10-26(13-15)17-12-16(9-11-30(4,5)6)27-18(17)19(22)23-14-24-27/h12,14-15H,7-8,10,13H2,1-6H3,(H,25,28)(H2,22,23,24)/t15-/m1/s1. The van der Waals surface area contributed by atoms with Gasteiger partial charge in [0.05, 0.1) is 5.69 Å². The number of rotatable bonds is 2. The molecule has 0 aromatic carbocycles. The molecule has 9 heteroatoms. The van der Waals surface area contributed by atoms with Crippen molar-refractivity contribution in [3.63, 3.8) is 0 Å². The summed E-state index contributed by atoms with van der Waals surface area (Å²) in [7, 11) is -1.54.